The molecule has 0 saturated heterocycles. The van der Waals surface area contributed by atoms with E-state index in [0.29, 0.717) is 12.1 Å². The molecule has 0 aliphatic heterocycles. The minimum Gasteiger partial charge on any atom is -0.397 e. The van der Waals surface area contributed by atoms with E-state index in [2.05, 4.69) is 16.2 Å². The molecule has 0 aromatic carbocycles. The zero-order valence-corrected chi connectivity index (χ0v) is 8.54. The number of anilines is 2. The van der Waals surface area contributed by atoms with Gasteiger partial charge in [0.05, 0.1) is 11.9 Å². The summed E-state index contributed by atoms with van der Waals surface area (Å²) in [6.45, 7) is 3.99. The third-order valence-corrected chi connectivity index (χ3v) is 1.91. The van der Waals surface area contributed by atoms with E-state index in [1.165, 1.54) is 0 Å². The van der Waals surface area contributed by atoms with E-state index < -0.39 is 0 Å². The molecule has 0 fully saturated rings. The average molecular weight is 189 g/mol. The van der Waals surface area contributed by atoms with E-state index in [0.717, 1.165) is 11.4 Å². The van der Waals surface area contributed by atoms with Crippen LogP contribution in [0, 0.1) is 19.3 Å². The van der Waals surface area contributed by atoms with Gasteiger partial charge in [-0.2, -0.15) is 0 Å². The van der Waals surface area contributed by atoms with Gasteiger partial charge < -0.3 is 11.1 Å². The van der Waals surface area contributed by atoms with Crippen molar-refractivity contribution >= 4 is 11.5 Å². The average Bonchev–Trinajstić information content (AvgIpc) is 2.10. The zero-order valence-electron chi connectivity index (χ0n) is 8.54. The lowest BCUT2D eigenvalue weighted by Crippen LogP contribution is -2.16. The molecule has 0 aliphatic carbocycles. The maximum absolute atomic E-state index is 5.59. The van der Waals surface area contributed by atoms with E-state index in [4.69, 9.17) is 12.2 Å². The molecule has 0 saturated carbocycles. The van der Waals surface area contributed by atoms with Gasteiger partial charge in [0.1, 0.15) is 5.82 Å². The summed E-state index contributed by atoms with van der Waals surface area (Å²) < 4.78 is 0. The lowest BCUT2D eigenvalue weighted by molar-refractivity contribution is 0.820. The maximum Gasteiger partial charge on any atom is 0.129 e. The fraction of sp³-hybridized carbons (Fsp3) is 0.364. The highest BCUT2D eigenvalue weighted by Crippen LogP contribution is 2.15. The Morgan fingerprint density at radius 2 is 2.43 bits per heavy atom. The van der Waals surface area contributed by atoms with Gasteiger partial charge in [-0.1, -0.05) is 0 Å². The monoisotopic (exact) mass is 189 g/mol. The van der Waals surface area contributed by atoms with Gasteiger partial charge in [0, 0.05) is 12.5 Å². The van der Waals surface area contributed by atoms with Crippen molar-refractivity contribution in [3.8, 4) is 12.3 Å². The van der Waals surface area contributed by atoms with Crippen LogP contribution in [0.15, 0.2) is 12.3 Å². The van der Waals surface area contributed by atoms with Gasteiger partial charge in [-0.05, 0) is 25.5 Å². The van der Waals surface area contributed by atoms with E-state index in [1.54, 1.807) is 6.20 Å². The molecule has 1 atom stereocenters. The molecule has 0 radical (unpaired) electrons. The van der Waals surface area contributed by atoms with Gasteiger partial charge in [0.25, 0.3) is 0 Å². The van der Waals surface area contributed by atoms with Gasteiger partial charge in [-0.15, -0.1) is 12.3 Å². The normalized spacial score (nSPS) is 11.8. The van der Waals surface area contributed by atoms with E-state index in [-0.39, 0.29) is 6.04 Å². The summed E-state index contributed by atoms with van der Waals surface area (Å²) in [7, 11) is 0. The SMILES string of the molecule is C#CCC(C)Nc1ncc(N)cc1C. The molecule has 1 rings (SSSR count). The van der Waals surface area contributed by atoms with Crippen LogP contribution >= 0.6 is 0 Å². The quantitative estimate of drug-likeness (QED) is 0.713. The van der Waals surface area contributed by atoms with Gasteiger partial charge in [-0.25, -0.2) is 4.98 Å². The number of rotatable bonds is 3. The van der Waals surface area contributed by atoms with Crippen molar-refractivity contribution in [2.75, 3.05) is 11.1 Å². The molecule has 0 aliphatic rings. The van der Waals surface area contributed by atoms with Gasteiger partial charge in [0.15, 0.2) is 0 Å². The topological polar surface area (TPSA) is 50.9 Å². The van der Waals surface area contributed by atoms with Crippen molar-refractivity contribution in [2.45, 2.75) is 26.3 Å². The number of aryl methyl sites for hydroxylation is 1. The van der Waals surface area contributed by atoms with Crippen LogP contribution < -0.4 is 11.1 Å². The molecule has 1 aromatic rings. The Bertz CT molecular complexity index is 352. The molecule has 3 heteroatoms. The highest BCUT2D eigenvalue weighted by atomic mass is 15.0. The smallest absolute Gasteiger partial charge is 0.129 e. The minimum atomic E-state index is 0.231. The maximum atomic E-state index is 5.59. The van der Waals surface area contributed by atoms with E-state index in [9.17, 15) is 0 Å². The van der Waals surface area contributed by atoms with Crippen LogP contribution in [-0.2, 0) is 0 Å². The van der Waals surface area contributed by atoms with Crippen LogP contribution in [0.25, 0.3) is 0 Å². The number of terminal acetylenes is 1. The summed E-state index contributed by atoms with van der Waals surface area (Å²) in [5.74, 6) is 3.45. The van der Waals surface area contributed by atoms with Crippen molar-refractivity contribution in [1.82, 2.24) is 4.98 Å². The molecule has 0 bridgehead atoms. The van der Waals surface area contributed by atoms with Crippen molar-refractivity contribution in [3.63, 3.8) is 0 Å². The summed E-state index contributed by atoms with van der Waals surface area (Å²) in [4.78, 5) is 4.20. The van der Waals surface area contributed by atoms with Crippen molar-refractivity contribution in [1.29, 1.82) is 0 Å². The Hall–Kier alpha value is -1.69. The molecule has 3 nitrogen and oxygen atoms in total. The Morgan fingerprint density at radius 1 is 1.71 bits per heavy atom. The summed E-state index contributed by atoms with van der Waals surface area (Å²) in [5, 5.41) is 3.23. The zero-order chi connectivity index (χ0) is 10.6. The van der Waals surface area contributed by atoms with Crippen LogP contribution in [0.1, 0.15) is 18.9 Å². The van der Waals surface area contributed by atoms with Gasteiger partial charge in [-0.3, -0.25) is 0 Å². The molecule has 14 heavy (non-hydrogen) atoms. The molecule has 74 valence electrons. The lowest BCUT2D eigenvalue weighted by atomic mass is 10.2. The molecular formula is C11H15N3. The predicted molar refractivity (Wildman–Crippen MR) is 59.9 cm³/mol. The van der Waals surface area contributed by atoms with Crippen LogP contribution in [0.2, 0.25) is 0 Å². The first-order chi connectivity index (χ1) is 6.63. The largest absolute Gasteiger partial charge is 0.397 e. The molecule has 1 unspecified atom stereocenters. The lowest BCUT2D eigenvalue weighted by Gasteiger charge is -2.13. The van der Waals surface area contributed by atoms with Gasteiger partial charge >= 0.3 is 0 Å². The van der Waals surface area contributed by atoms with E-state index >= 15 is 0 Å². The molecule has 1 heterocycles. The molecule has 0 spiro atoms. The Balaban J connectivity index is 2.73. The van der Waals surface area contributed by atoms with E-state index in [1.807, 2.05) is 19.9 Å². The summed E-state index contributed by atoms with van der Waals surface area (Å²) in [6, 6.07) is 2.12. The fourth-order valence-electron chi connectivity index (χ4n) is 1.21. The first-order valence-corrected chi connectivity index (χ1v) is 4.55. The number of aromatic nitrogens is 1. The molecule has 1 aromatic heterocycles. The Kier molecular flexibility index (Phi) is 3.35. The van der Waals surface area contributed by atoms with Crippen molar-refractivity contribution < 1.29 is 0 Å². The number of pyridine rings is 1. The first-order valence-electron chi connectivity index (χ1n) is 4.55. The highest BCUT2D eigenvalue weighted by molar-refractivity contribution is 5.51. The van der Waals surface area contributed by atoms with Crippen LogP contribution in [0.5, 0.6) is 0 Å². The highest BCUT2D eigenvalue weighted by Gasteiger charge is 2.03. The number of nitrogens with two attached hydrogens (primary N) is 1. The fourth-order valence-corrected chi connectivity index (χ4v) is 1.21. The van der Waals surface area contributed by atoms with Crippen molar-refractivity contribution in [3.05, 3.63) is 17.8 Å². The second-order valence-electron chi connectivity index (χ2n) is 3.39. The predicted octanol–water partition coefficient (Wildman–Crippen LogP) is 1.80. The van der Waals surface area contributed by atoms with Gasteiger partial charge in [0.2, 0.25) is 0 Å². The second-order valence-corrected chi connectivity index (χ2v) is 3.39. The van der Waals surface area contributed by atoms with Crippen LogP contribution in [0.3, 0.4) is 0 Å². The summed E-state index contributed by atoms with van der Waals surface area (Å²) >= 11 is 0. The summed E-state index contributed by atoms with van der Waals surface area (Å²) in [5.41, 5.74) is 7.31. The first kappa shape index (κ1) is 10.4. The van der Waals surface area contributed by atoms with Crippen LogP contribution in [0.4, 0.5) is 11.5 Å². The third-order valence-electron chi connectivity index (χ3n) is 1.91. The number of nitrogen functional groups attached to an aromatic ring is 1. The minimum absolute atomic E-state index is 0.231. The standard InChI is InChI=1S/C11H15N3/c1-4-5-9(3)14-11-8(2)6-10(12)7-13-11/h1,6-7,9H,5,12H2,2-3H3,(H,13,14). The molecule has 0 amide bonds. The number of hydrogen-bond acceptors (Lipinski definition) is 3. The number of hydrogen-bond donors (Lipinski definition) is 2. The molecular weight excluding hydrogens is 174 g/mol. The third kappa shape index (κ3) is 2.67. The Labute approximate surface area is 84.7 Å². The van der Waals surface area contributed by atoms with Crippen LogP contribution in [-0.4, -0.2) is 11.0 Å². The summed E-state index contributed by atoms with van der Waals surface area (Å²) in [6.07, 6.45) is 7.54. The second kappa shape index (κ2) is 4.52. The molecule has 3 N–H and O–H groups in total. The number of nitrogens with zero attached hydrogens (tertiary/aromatic N) is 1. The number of nitrogens with one attached hydrogen (secondary N) is 1. The Morgan fingerprint density at radius 3 is 3.00 bits per heavy atom. The van der Waals surface area contributed by atoms with Crippen molar-refractivity contribution in [2.24, 2.45) is 0 Å².